The molecule has 0 amide bonds. The number of thiazole rings is 1. The van der Waals surface area contributed by atoms with Crippen LogP contribution in [0.3, 0.4) is 0 Å². The normalized spacial score (nSPS) is 10.5. The van der Waals surface area contributed by atoms with Crippen LogP contribution in [-0.2, 0) is 17.7 Å². The van der Waals surface area contributed by atoms with Gasteiger partial charge in [0.05, 0.1) is 22.0 Å². The molecule has 2 aromatic carbocycles. The van der Waals surface area contributed by atoms with Crippen molar-refractivity contribution >= 4 is 28.8 Å². The fraction of sp³-hybridized carbons (Fsp3) is 0.190. The molecule has 0 saturated carbocycles. The largest absolute Gasteiger partial charge is 0.462 e. The third kappa shape index (κ3) is 5.11. The monoisotopic (exact) mass is 411 g/mol. The molecule has 0 unspecified atom stereocenters. The molecule has 0 spiro atoms. The number of non-ortho nitro benzene ring substituents is 1. The van der Waals surface area contributed by atoms with Crippen molar-refractivity contribution in [3.63, 3.8) is 0 Å². The Morgan fingerprint density at radius 2 is 1.76 bits per heavy atom. The van der Waals surface area contributed by atoms with Crippen molar-refractivity contribution in [1.29, 1.82) is 0 Å². The van der Waals surface area contributed by atoms with Gasteiger partial charge in [-0.15, -0.1) is 0 Å². The summed E-state index contributed by atoms with van der Waals surface area (Å²) in [7, 11) is 0. The Hall–Kier alpha value is -3.39. The van der Waals surface area contributed by atoms with Crippen molar-refractivity contribution in [3.05, 3.63) is 91.9 Å². The van der Waals surface area contributed by atoms with Gasteiger partial charge >= 0.3 is 5.97 Å². The molecule has 0 bridgehead atoms. The second kappa shape index (κ2) is 9.20. The van der Waals surface area contributed by atoms with Gasteiger partial charge in [-0.1, -0.05) is 41.7 Å². The summed E-state index contributed by atoms with van der Waals surface area (Å²) in [5.74, 6) is -0.492. The Morgan fingerprint density at radius 1 is 1.07 bits per heavy atom. The quantitative estimate of drug-likeness (QED) is 0.186. The summed E-state index contributed by atoms with van der Waals surface area (Å²) in [5, 5.41) is 10.7. The number of aromatic nitrogens is 1. The minimum Gasteiger partial charge on any atom is -0.462 e. The van der Waals surface area contributed by atoms with Crippen LogP contribution in [0, 0.1) is 17.0 Å². The van der Waals surface area contributed by atoms with Crippen LogP contribution in [0.2, 0.25) is 0 Å². The lowest BCUT2D eigenvalue weighted by Gasteiger charge is -2.04. The maximum atomic E-state index is 12.4. The molecule has 0 aliphatic rings. The van der Waals surface area contributed by atoms with Crippen LogP contribution in [-0.4, -0.2) is 23.3 Å². The van der Waals surface area contributed by atoms with E-state index in [0.717, 1.165) is 10.6 Å². The van der Waals surface area contributed by atoms with Gasteiger partial charge in [0, 0.05) is 31.0 Å². The first kappa shape index (κ1) is 20.3. The zero-order chi connectivity index (χ0) is 20.8. The van der Waals surface area contributed by atoms with Crippen LogP contribution < -0.4 is 4.57 Å². The number of hydrogen-bond acceptors (Lipinski definition) is 6. The van der Waals surface area contributed by atoms with E-state index in [9.17, 15) is 19.7 Å². The minimum absolute atomic E-state index is 0.0349. The number of nitrogens with zero attached hydrogens (tertiary/aromatic N) is 2. The number of carbonyl (C=O) groups excluding carboxylic acids is 2. The smallest absolute Gasteiger partial charge is 0.338 e. The summed E-state index contributed by atoms with van der Waals surface area (Å²) in [6.07, 6.45) is 0.530. The lowest BCUT2D eigenvalue weighted by atomic mass is 10.1. The summed E-state index contributed by atoms with van der Waals surface area (Å²) in [6, 6.07) is 14.4. The maximum absolute atomic E-state index is 12.4. The molecule has 29 heavy (non-hydrogen) atoms. The first-order valence-electron chi connectivity index (χ1n) is 8.92. The summed E-state index contributed by atoms with van der Waals surface area (Å²) in [4.78, 5) is 35.6. The van der Waals surface area contributed by atoms with Crippen molar-refractivity contribution in [2.45, 2.75) is 19.9 Å². The van der Waals surface area contributed by atoms with Gasteiger partial charge in [-0.25, -0.2) is 4.79 Å². The highest BCUT2D eigenvalue weighted by Gasteiger charge is 2.20. The van der Waals surface area contributed by atoms with E-state index in [2.05, 4.69) is 0 Å². The number of hydrogen-bond donors (Lipinski definition) is 0. The van der Waals surface area contributed by atoms with Crippen molar-refractivity contribution < 1.29 is 23.8 Å². The highest BCUT2D eigenvalue weighted by atomic mass is 32.1. The lowest BCUT2D eigenvalue weighted by Crippen LogP contribution is -2.38. The molecule has 3 aromatic rings. The maximum Gasteiger partial charge on any atom is 0.338 e. The van der Waals surface area contributed by atoms with Crippen LogP contribution in [0.15, 0.2) is 60.1 Å². The number of esters is 1. The van der Waals surface area contributed by atoms with Gasteiger partial charge in [0.1, 0.15) is 0 Å². The van der Waals surface area contributed by atoms with E-state index in [1.165, 1.54) is 35.6 Å². The topological polar surface area (TPSA) is 90.4 Å². The number of nitro benzene ring substituents is 1. The average Bonchev–Trinajstić information content (AvgIpc) is 3.08. The summed E-state index contributed by atoms with van der Waals surface area (Å²) in [6.45, 7) is 2.38. The fourth-order valence-corrected chi connectivity index (χ4v) is 3.73. The second-order valence-electron chi connectivity index (χ2n) is 6.34. The van der Waals surface area contributed by atoms with Crippen molar-refractivity contribution in [2.75, 3.05) is 6.61 Å². The zero-order valence-corrected chi connectivity index (χ0v) is 16.6. The molecule has 0 radical (unpaired) electrons. The van der Waals surface area contributed by atoms with Gasteiger partial charge < -0.3 is 4.74 Å². The van der Waals surface area contributed by atoms with Crippen molar-refractivity contribution in [2.24, 2.45) is 0 Å². The Bertz CT molecular complexity index is 1030. The number of carbonyl (C=O) groups is 2. The highest BCUT2D eigenvalue weighted by Crippen LogP contribution is 2.15. The Kier molecular flexibility index (Phi) is 6.46. The number of rotatable bonds is 8. The van der Waals surface area contributed by atoms with Crippen molar-refractivity contribution in [1.82, 2.24) is 0 Å². The highest BCUT2D eigenvalue weighted by molar-refractivity contribution is 7.09. The third-order valence-electron chi connectivity index (χ3n) is 4.44. The molecule has 1 heterocycles. The molecule has 3 rings (SSSR count). The summed E-state index contributed by atoms with van der Waals surface area (Å²) in [5.41, 5.74) is 3.71. The van der Waals surface area contributed by atoms with Crippen LogP contribution in [0.5, 0.6) is 0 Å². The molecule has 0 saturated heterocycles. The summed E-state index contributed by atoms with van der Waals surface area (Å²) < 4.78 is 7.17. The van der Waals surface area contributed by atoms with Gasteiger partial charge in [0.25, 0.3) is 5.69 Å². The molecule has 0 aliphatic heterocycles. The molecular formula is C21H19N2O5S+. The Morgan fingerprint density at radius 3 is 2.41 bits per heavy atom. The van der Waals surface area contributed by atoms with Crippen LogP contribution in [0.4, 0.5) is 5.69 Å². The molecule has 0 fully saturated rings. The van der Waals surface area contributed by atoms with Crippen LogP contribution in [0.1, 0.15) is 31.3 Å². The molecule has 1 aromatic heterocycles. The number of Topliss-reactive ketones (excluding diaryl/α,β-unsaturated/α-hetero) is 1. The molecule has 8 heteroatoms. The molecule has 0 N–H and O–H groups in total. The molecule has 0 atom stereocenters. The van der Waals surface area contributed by atoms with E-state index in [-0.39, 0.29) is 30.2 Å². The molecular weight excluding hydrogens is 392 g/mol. The molecule has 7 nitrogen and oxygen atoms in total. The number of benzene rings is 2. The number of nitro groups is 1. The van der Waals surface area contributed by atoms with E-state index in [0.29, 0.717) is 12.0 Å². The Labute approximate surface area is 171 Å². The van der Waals surface area contributed by atoms with Gasteiger partial charge in [0.2, 0.25) is 17.8 Å². The SMILES string of the molecule is Cc1c(CCOC(=O)c2ccc([N+](=O)[O-])cc2)sc[n+]1CC(=O)c1ccccc1. The van der Waals surface area contributed by atoms with Gasteiger partial charge in [-0.3, -0.25) is 14.9 Å². The minimum atomic E-state index is -0.527. The zero-order valence-electron chi connectivity index (χ0n) is 15.7. The third-order valence-corrected chi connectivity index (χ3v) is 5.59. The van der Waals surface area contributed by atoms with Crippen molar-refractivity contribution in [3.8, 4) is 0 Å². The van der Waals surface area contributed by atoms with Gasteiger partial charge in [0.15, 0.2) is 5.69 Å². The summed E-state index contributed by atoms with van der Waals surface area (Å²) >= 11 is 1.51. The van der Waals surface area contributed by atoms with Crippen LogP contribution >= 0.6 is 11.3 Å². The van der Waals surface area contributed by atoms with Gasteiger partial charge in [-0.2, -0.15) is 4.57 Å². The van der Waals surface area contributed by atoms with Crippen LogP contribution in [0.25, 0.3) is 0 Å². The average molecular weight is 411 g/mol. The van der Waals surface area contributed by atoms with E-state index >= 15 is 0 Å². The van der Waals surface area contributed by atoms with Gasteiger partial charge in [-0.05, 0) is 12.1 Å². The standard InChI is InChI=1S/C21H19N2O5S/c1-15-20(29-14-22(15)13-19(24)16-5-3-2-4-6-16)11-12-28-21(25)17-7-9-18(10-8-17)23(26)27/h2-10,14H,11-13H2,1H3/q+1. The Balaban J connectivity index is 1.54. The fourth-order valence-electron chi connectivity index (χ4n) is 2.76. The van der Waals surface area contributed by atoms with E-state index in [1.54, 1.807) is 12.1 Å². The van der Waals surface area contributed by atoms with E-state index < -0.39 is 10.9 Å². The number of ether oxygens (including phenoxy) is 1. The van der Waals surface area contributed by atoms with E-state index in [4.69, 9.17) is 4.74 Å². The number of ketones is 1. The predicted octanol–water partition coefficient (Wildman–Crippen LogP) is 3.53. The first-order chi connectivity index (χ1) is 14.0. The predicted molar refractivity (Wildman–Crippen MR) is 107 cm³/mol. The van der Waals surface area contributed by atoms with E-state index in [1.807, 2.05) is 35.2 Å². The molecule has 0 aliphatic carbocycles. The lowest BCUT2D eigenvalue weighted by molar-refractivity contribution is -0.684. The molecule has 148 valence electrons. The second-order valence-corrected chi connectivity index (χ2v) is 7.28. The first-order valence-corrected chi connectivity index (χ1v) is 9.80.